The van der Waals surface area contributed by atoms with Crippen molar-refractivity contribution in [1.29, 1.82) is 0 Å². The molecule has 3 rings (SSSR count). The van der Waals surface area contributed by atoms with Crippen molar-refractivity contribution in [2.45, 2.75) is 44.7 Å². The molecule has 7 heteroatoms. The van der Waals surface area contributed by atoms with Crippen molar-refractivity contribution in [3.8, 4) is 5.69 Å². The molecule has 7 nitrogen and oxygen atoms in total. The summed E-state index contributed by atoms with van der Waals surface area (Å²) in [6.45, 7) is 2.07. The smallest absolute Gasteiger partial charge is 0.315 e. The van der Waals surface area contributed by atoms with Crippen molar-refractivity contribution in [1.82, 2.24) is 25.4 Å². The molecule has 1 aliphatic carbocycles. The molecule has 1 aromatic carbocycles. The van der Waals surface area contributed by atoms with Crippen LogP contribution in [0.4, 0.5) is 4.79 Å². The minimum atomic E-state index is -0.191. The summed E-state index contributed by atoms with van der Waals surface area (Å²) < 4.78 is 1.68. The molecule has 0 aliphatic heterocycles. The minimum absolute atomic E-state index is 0.0485. The van der Waals surface area contributed by atoms with Gasteiger partial charge in [0, 0.05) is 18.6 Å². The number of amides is 2. The molecule has 1 fully saturated rings. The Balaban J connectivity index is 1.61. The number of aliphatic hydroxyl groups is 1. The lowest BCUT2D eigenvalue weighted by atomic mass is 9.85. The fourth-order valence-corrected chi connectivity index (χ4v) is 3.38. The van der Waals surface area contributed by atoms with E-state index in [2.05, 4.69) is 20.7 Å². The van der Waals surface area contributed by atoms with Gasteiger partial charge in [-0.15, -0.1) is 0 Å². The second-order valence-corrected chi connectivity index (χ2v) is 6.61. The number of rotatable bonds is 5. The number of hydrogen-bond donors (Lipinski definition) is 3. The second kappa shape index (κ2) is 8.11. The van der Waals surface area contributed by atoms with Crippen LogP contribution >= 0.6 is 0 Å². The van der Waals surface area contributed by atoms with Crippen molar-refractivity contribution in [3.63, 3.8) is 0 Å². The normalized spacial score (nSPS) is 21.5. The number of urea groups is 1. The van der Waals surface area contributed by atoms with E-state index in [9.17, 15) is 9.90 Å². The summed E-state index contributed by atoms with van der Waals surface area (Å²) in [4.78, 5) is 16.3. The molecule has 3 atom stereocenters. The summed E-state index contributed by atoms with van der Waals surface area (Å²) in [5, 5.41) is 19.6. The Hall–Kier alpha value is -2.41. The number of nitrogens with one attached hydrogen (secondary N) is 2. The molecular formula is C18H25N5O2. The predicted octanol–water partition coefficient (Wildman–Crippen LogP) is 2.18. The van der Waals surface area contributed by atoms with Crippen molar-refractivity contribution in [3.05, 3.63) is 42.5 Å². The third-order valence-corrected chi connectivity index (χ3v) is 4.86. The highest BCUT2D eigenvalue weighted by atomic mass is 16.3. The van der Waals surface area contributed by atoms with E-state index in [0.717, 1.165) is 36.9 Å². The van der Waals surface area contributed by atoms with Crippen LogP contribution in [0.2, 0.25) is 0 Å². The van der Waals surface area contributed by atoms with Crippen LogP contribution in [0.25, 0.3) is 5.69 Å². The van der Waals surface area contributed by atoms with E-state index >= 15 is 0 Å². The number of aliphatic hydroxyl groups excluding tert-OH is 1. The first kappa shape index (κ1) is 17.4. The molecule has 0 saturated heterocycles. The van der Waals surface area contributed by atoms with E-state index in [4.69, 9.17) is 0 Å². The third kappa shape index (κ3) is 4.36. The maximum Gasteiger partial charge on any atom is 0.315 e. The molecule has 2 aromatic rings. The van der Waals surface area contributed by atoms with Crippen molar-refractivity contribution in [2.75, 3.05) is 6.61 Å². The molecule has 2 amide bonds. The van der Waals surface area contributed by atoms with E-state index in [1.54, 1.807) is 11.0 Å². The molecule has 0 spiro atoms. The lowest BCUT2D eigenvalue weighted by Crippen LogP contribution is -2.48. The van der Waals surface area contributed by atoms with Crippen LogP contribution in [0.15, 0.2) is 36.9 Å². The first-order valence-corrected chi connectivity index (χ1v) is 8.80. The number of aromatic nitrogens is 3. The molecular weight excluding hydrogens is 318 g/mol. The zero-order chi connectivity index (χ0) is 17.6. The maximum atomic E-state index is 12.3. The lowest BCUT2D eigenvalue weighted by molar-refractivity contribution is 0.153. The molecule has 3 N–H and O–H groups in total. The van der Waals surface area contributed by atoms with Crippen LogP contribution in [0.1, 0.15) is 44.2 Å². The first-order chi connectivity index (χ1) is 12.2. The zero-order valence-electron chi connectivity index (χ0n) is 14.4. The lowest BCUT2D eigenvalue weighted by Gasteiger charge is -2.31. The summed E-state index contributed by atoms with van der Waals surface area (Å²) in [7, 11) is 0. The van der Waals surface area contributed by atoms with Gasteiger partial charge in [0.05, 0.1) is 11.7 Å². The summed E-state index contributed by atoms with van der Waals surface area (Å²) >= 11 is 0. The van der Waals surface area contributed by atoms with Crippen LogP contribution < -0.4 is 10.6 Å². The molecule has 25 heavy (non-hydrogen) atoms. The van der Waals surface area contributed by atoms with E-state index in [0.29, 0.717) is 0 Å². The van der Waals surface area contributed by atoms with Gasteiger partial charge in [0.25, 0.3) is 0 Å². The predicted molar refractivity (Wildman–Crippen MR) is 94.3 cm³/mol. The average Bonchev–Trinajstić information content (AvgIpc) is 3.17. The minimum Gasteiger partial charge on any atom is -0.396 e. The van der Waals surface area contributed by atoms with Crippen molar-refractivity contribution in [2.24, 2.45) is 5.92 Å². The quantitative estimate of drug-likeness (QED) is 0.776. The monoisotopic (exact) mass is 343 g/mol. The zero-order valence-corrected chi connectivity index (χ0v) is 14.4. The van der Waals surface area contributed by atoms with Gasteiger partial charge in [-0.05, 0) is 37.5 Å². The largest absolute Gasteiger partial charge is 0.396 e. The van der Waals surface area contributed by atoms with Gasteiger partial charge < -0.3 is 15.7 Å². The fraction of sp³-hybridized carbons (Fsp3) is 0.500. The van der Waals surface area contributed by atoms with Gasteiger partial charge in [-0.25, -0.2) is 14.5 Å². The van der Waals surface area contributed by atoms with Crippen LogP contribution in [-0.4, -0.2) is 38.6 Å². The Kier molecular flexibility index (Phi) is 5.65. The summed E-state index contributed by atoms with van der Waals surface area (Å²) in [5.74, 6) is 0.158. The van der Waals surface area contributed by atoms with Gasteiger partial charge in [-0.1, -0.05) is 25.0 Å². The highest BCUT2D eigenvalue weighted by Gasteiger charge is 2.26. The van der Waals surface area contributed by atoms with Gasteiger partial charge in [0.15, 0.2) is 0 Å². The van der Waals surface area contributed by atoms with Crippen LogP contribution in [-0.2, 0) is 0 Å². The van der Waals surface area contributed by atoms with Gasteiger partial charge in [-0.3, -0.25) is 0 Å². The molecule has 1 heterocycles. The van der Waals surface area contributed by atoms with Gasteiger partial charge in [0.2, 0.25) is 0 Å². The summed E-state index contributed by atoms with van der Waals surface area (Å²) in [5.41, 5.74) is 1.89. The standard InChI is InChI=1S/C18H25N5O2/c1-13(14-6-4-7-16(9-14)23-12-19-11-20-23)21-18(25)22-17-8-3-2-5-15(17)10-24/h4,6-7,9,11-13,15,17,24H,2-3,5,8,10H2,1H3,(H2,21,22,25)/t13-,15+,17+/m0/s1. The van der Waals surface area contributed by atoms with Crippen LogP contribution in [0.3, 0.4) is 0 Å². The number of nitrogens with zero attached hydrogens (tertiary/aromatic N) is 3. The summed E-state index contributed by atoms with van der Waals surface area (Å²) in [6, 6.07) is 7.56. The van der Waals surface area contributed by atoms with Gasteiger partial charge in [0.1, 0.15) is 12.7 Å². The van der Waals surface area contributed by atoms with E-state index in [-0.39, 0.29) is 30.6 Å². The molecule has 0 bridgehead atoms. The Morgan fingerprint density at radius 3 is 3.00 bits per heavy atom. The van der Waals surface area contributed by atoms with E-state index in [1.165, 1.54) is 6.33 Å². The summed E-state index contributed by atoms with van der Waals surface area (Å²) in [6.07, 6.45) is 7.24. The Morgan fingerprint density at radius 2 is 2.24 bits per heavy atom. The van der Waals surface area contributed by atoms with Crippen molar-refractivity contribution >= 4 is 6.03 Å². The van der Waals surface area contributed by atoms with Crippen LogP contribution in [0, 0.1) is 5.92 Å². The van der Waals surface area contributed by atoms with Crippen LogP contribution in [0.5, 0.6) is 0 Å². The van der Waals surface area contributed by atoms with Gasteiger partial charge >= 0.3 is 6.03 Å². The van der Waals surface area contributed by atoms with E-state index in [1.807, 2.05) is 31.2 Å². The average molecular weight is 343 g/mol. The van der Waals surface area contributed by atoms with Crippen molar-refractivity contribution < 1.29 is 9.90 Å². The van der Waals surface area contributed by atoms with E-state index < -0.39 is 0 Å². The maximum absolute atomic E-state index is 12.3. The highest BCUT2D eigenvalue weighted by molar-refractivity contribution is 5.74. The van der Waals surface area contributed by atoms with Gasteiger partial charge in [-0.2, -0.15) is 5.10 Å². The first-order valence-electron chi connectivity index (χ1n) is 8.80. The molecule has 1 aromatic heterocycles. The molecule has 1 aliphatic rings. The topological polar surface area (TPSA) is 92.1 Å². The highest BCUT2D eigenvalue weighted by Crippen LogP contribution is 2.24. The second-order valence-electron chi connectivity index (χ2n) is 6.61. The molecule has 134 valence electrons. The number of benzene rings is 1. The number of hydrogen-bond acceptors (Lipinski definition) is 4. The fourth-order valence-electron chi connectivity index (χ4n) is 3.38. The molecule has 0 unspecified atom stereocenters. The third-order valence-electron chi connectivity index (χ3n) is 4.86. The SMILES string of the molecule is C[C@H](NC(=O)N[C@@H]1CCCC[C@@H]1CO)c1cccc(-n2cncn2)c1. The Labute approximate surface area is 147 Å². The number of carbonyl (C=O) groups excluding carboxylic acids is 1. The molecule has 0 radical (unpaired) electrons. The molecule has 1 saturated carbocycles. The Morgan fingerprint density at radius 1 is 1.40 bits per heavy atom. The Bertz CT molecular complexity index is 689. The number of carbonyl (C=O) groups is 1.